The van der Waals surface area contributed by atoms with E-state index in [2.05, 4.69) is 5.32 Å². The van der Waals surface area contributed by atoms with E-state index in [0.717, 1.165) is 13.2 Å². The van der Waals surface area contributed by atoms with Crippen molar-refractivity contribution in [2.24, 2.45) is 0 Å². The predicted octanol–water partition coefficient (Wildman–Crippen LogP) is 6.44. The molecule has 1 N–H and O–H groups in total. The second-order valence-corrected chi connectivity index (χ2v) is 10.4. The lowest BCUT2D eigenvalue weighted by Crippen LogP contribution is -2.45. The number of alkyl carbamates (subject to hydrolysis) is 1. The molecule has 3 aromatic rings. The van der Waals surface area contributed by atoms with Gasteiger partial charge in [0.1, 0.15) is 17.2 Å². The third-order valence-corrected chi connectivity index (χ3v) is 6.62. The number of carbonyl (C=O) groups is 2. The normalized spacial score (nSPS) is 16.2. The largest absolute Gasteiger partial charge is 0.494 e. The number of hydrogen-bond acceptors (Lipinski definition) is 6. The van der Waals surface area contributed by atoms with Gasteiger partial charge in [0.05, 0.1) is 31.4 Å². The number of benzene rings is 3. The predicted molar refractivity (Wildman–Crippen MR) is 141 cm³/mol. The average molecular weight is 560 g/mol. The molecular weight excluding hydrogens is 532 g/mol. The van der Waals surface area contributed by atoms with Gasteiger partial charge in [-0.15, -0.1) is 0 Å². The third-order valence-electron chi connectivity index (χ3n) is 6.25. The monoisotopic (exact) mass is 559 g/mol. The Morgan fingerprint density at radius 1 is 1.08 bits per heavy atom. The fraction of sp³-hybridized carbons (Fsp3) is 0.310. The molecule has 206 valence electrons. The summed E-state index contributed by atoms with van der Waals surface area (Å²) in [5, 5.41) is 2.33. The summed E-state index contributed by atoms with van der Waals surface area (Å²) < 4.78 is 52.7. The standard InChI is InChI=1S/C29H28ClF2NO6/c1-28(2,3)39-27(35)33-15-29(16-9-7-6-8-10-16)14-18-21(38-29)13-19(31)24(30)22(18)23-17(26(34)37-5)11-12-20(36-4)25(23)32/h6-13H,14-15H2,1-5H3,(H,33,35)/t29-/m1/s1. The van der Waals surface area contributed by atoms with Gasteiger partial charge in [0.25, 0.3) is 0 Å². The third kappa shape index (κ3) is 5.49. The first-order valence-electron chi connectivity index (χ1n) is 12.1. The van der Waals surface area contributed by atoms with E-state index < -0.39 is 39.9 Å². The average Bonchev–Trinajstić information content (AvgIpc) is 3.27. The molecule has 0 saturated carbocycles. The Kier molecular flexibility index (Phi) is 7.75. The van der Waals surface area contributed by atoms with Crippen molar-refractivity contribution in [2.75, 3.05) is 20.8 Å². The van der Waals surface area contributed by atoms with Gasteiger partial charge in [0.15, 0.2) is 17.2 Å². The second-order valence-electron chi connectivity index (χ2n) is 10.0. The summed E-state index contributed by atoms with van der Waals surface area (Å²) in [4.78, 5) is 25.2. The number of methoxy groups -OCH3 is 2. The lowest BCUT2D eigenvalue weighted by Gasteiger charge is -2.30. The van der Waals surface area contributed by atoms with Crippen molar-refractivity contribution < 1.29 is 37.3 Å². The Morgan fingerprint density at radius 2 is 1.77 bits per heavy atom. The first-order valence-corrected chi connectivity index (χ1v) is 12.5. The molecule has 1 amide bonds. The van der Waals surface area contributed by atoms with Gasteiger partial charge in [0.2, 0.25) is 0 Å². The van der Waals surface area contributed by atoms with Crippen LogP contribution in [0.2, 0.25) is 5.02 Å². The smallest absolute Gasteiger partial charge is 0.407 e. The summed E-state index contributed by atoms with van der Waals surface area (Å²) in [6.45, 7) is 5.14. The van der Waals surface area contributed by atoms with Crippen LogP contribution in [0.5, 0.6) is 11.5 Å². The number of hydrogen-bond donors (Lipinski definition) is 1. The van der Waals surface area contributed by atoms with Gasteiger partial charge >= 0.3 is 12.1 Å². The van der Waals surface area contributed by atoms with Crippen LogP contribution >= 0.6 is 11.6 Å². The molecule has 4 rings (SSSR count). The van der Waals surface area contributed by atoms with Crippen molar-refractivity contribution in [3.63, 3.8) is 0 Å². The molecule has 0 fully saturated rings. The van der Waals surface area contributed by atoms with E-state index in [0.29, 0.717) is 11.1 Å². The Labute approximate surface area is 230 Å². The number of fused-ring (bicyclic) bond motifs is 1. The molecule has 7 nitrogen and oxygen atoms in total. The maximum Gasteiger partial charge on any atom is 0.407 e. The molecule has 10 heteroatoms. The van der Waals surface area contributed by atoms with E-state index in [-0.39, 0.29) is 41.2 Å². The molecule has 1 heterocycles. The van der Waals surface area contributed by atoms with Crippen molar-refractivity contribution in [2.45, 2.75) is 38.4 Å². The van der Waals surface area contributed by atoms with Gasteiger partial charge in [-0.25, -0.2) is 18.4 Å². The number of ether oxygens (including phenoxy) is 4. The molecule has 0 saturated heterocycles. The van der Waals surface area contributed by atoms with E-state index >= 15 is 8.78 Å². The molecule has 1 aliphatic rings. The van der Waals surface area contributed by atoms with Crippen LogP contribution < -0.4 is 14.8 Å². The number of nitrogens with one attached hydrogen (secondary N) is 1. The van der Waals surface area contributed by atoms with E-state index in [9.17, 15) is 9.59 Å². The summed E-state index contributed by atoms with van der Waals surface area (Å²) in [6, 6.07) is 12.7. The zero-order valence-corrected chi connectivity index (χ0v) is 22.9. The topological polar surface area (TPSA) is 83.1 Å². The van der Waals surface area contributed by atoms with Crippen molar-refractivity contribution in [3.8, 4) is 22.6 Å². The van der Waals surface area contributed by atoms with Crippen LogP contribution in [0.25, 0.3) is 11.1 Å². The number of carbonyl (C=O) groups excluding carboxylic acids is 2. The summed E-state index contributed by atoms with van der Waals surface area (Å²) in [7, 11) is 2.42. The van der Waals surface area contributed by atoms with Gasteiger partial charge in [-0.05, 0) is 38.5 Å². The molecule has 0 spiro atoms. The van der Waals surface area contributed by atoms with Crippen LogP contribution in [0.3, 0.4) is 0 Å². The molecule has 0 unspecified atom stereocenters. The molecule has 0 bridgehead atoms. The van der Waals surface area contributed by atoms with Crippen molar-refractivity contribution in [3.05, 3.63) is 81.9 Å². The lowest BCUT2D eigenvalue weighted by atomic mass is 9.85. The van der Waals surface area contributed by atoms with Gasteiger partial charge < -0.3 is 24.3 Å². The first-order chi connectivity index (χ1) is 18.4. The number of rotatable bonds is 6. The molecule has 0 aromatic heterocycles. The minimum absolute atomic E-state index is 0.0503. The maximum absolute atomic E-state index is 15.8. The van der Waals surface area contributed by atoms with Gasteiger partial charge in [0, 0.05) is 29.2 Å². The fourth-order valence-electron chi connectivity index (χ4n) is 4.57. The van der Waals surface area contributed by atoms with Crippen LogP contribution in [0.1, 0.15) is 42.3 Å². The van der Waals surface area contributed by atoms with Crippen molar-refractivity contribution >= 4 is 23.7 Å². The van der Waals surface area contributed by atoms with E-state index in [1.165, 1.54) is 19.2 Å². The van der Waals surface area contributed by atoms with Crippen LogP contribution in [-0.2, 0) is 21.5 Å². The molecule has 0 aliphatic carbocycles. The van der Waals surface area contributed by atoms with E-state index in [1.54, 1.807) is 45.0 Å². The molecular formula is C29H28ClF2NO6. The quantitative estimate of drug-likeness (QED) is 0.350. The number of esters is 1. The fourth-order valence-corrected chi connectivity index (χ4v) is 4.83. The van der Waals surface area contributed by atoms with E-state index in [4.69, 9.17) is 30.5 Å². The van der Waals surface area contributed by atoms with Crippen LogP contribution in [0.4, 0.5) is 13.6 Å². The van der Waals surface area contributed by atoms with Crippen LogP contribution in [0.15, 0.2) is 48.5 Å². The molecule has 1 aliphatic heterocycles. The van der Waals surface area contributed by atoms with Crippen LogP contribution in [-0.4, -0.2) is 38.4 Å². The van der Waals surface area contributed by atoms with Gasteiger partial charge in [-0.1, -0.05) is 41.9 Å². The highest BCUT2D eigenvalue weighted by atomic mass is 35.5. The lowest BCUT2D eigenvalue weighted by molar-refractivity contribution is 0.0414. The maximum atomic E-state index is 15.8. The minimum Gasteiger partial charge on any atom is -0.494 e. The summed E-state index contributed by atoms with van der Waals surface area (Å²) in [5.74, 6) is -2.74. The molecule has 0 radical (unpaired) electrons. The van der Waals surface area contributed by atoms with Crippen LogP contribution in [0, 0.1) is 11.6 Å². The van der Waals surface area contributed by atoms with Crippen molar-refractivity contribution in [1.29, 1.82) is 0 Å². The summed E-state index contributed by atoms with van der Waals surface area (Å²) >= 11 is 6.46. The Bertz CT molecular complexity index is 1420. The molecule has 3 aromatic carbocycles. The molecule has 39 heavy (non-hydrogen) atoms. The van der Waals surface area contributed by atoms with Gasteiger partial charge in [-0.2, -0.15) is 0 Å². The van der Waals surface area contributed by atoms with Gasteiger partial charge in [-0.3, -0.25) is 0 Å². The SMILES string of the molecule is COC(=O)c1ccc(OC)c(F)c1-c1c(Cl)c(F)cc2c1C[C@@](CNC(=O)OC(C)(C)C)(c1ccccc1)O2. The van der Waals surface area contributed by atoms with E-state index in [1.807, 2.05) is 6.07 Å². The summed E-state index contributed by atoms with van der Waals surface area (Å²) in [6.07, 6.45) is -0.622. The highest BCUT2D eigenvalue weighted by Crippen LogP contribution is 2.50. The number of amides is 1. The first kappa shape index (κ1) is 28.2. The highest BCUT2D eigenvalue weighted by molar-refractivity contribution is 6.34. The minimum atomic E-state index is -1.23. The Balaban J connectivity index is 1.89. The Hall–Kier alpha value is -3.85. The zero-order valence-electron chi connectivity index (χ0n) is 22.1. The Morgan fingerprint density at radius 3 is 2.38 bits per heavy atom. The second kappa shape index (κ2) is 10.7. The molecule has 1 atom stereocenters. The number of halogens is 3. The highest BCUT2D eigenvalue weighted by Gasteiger charge is 2.45. The summed E-state index contributed by atoms with van der Waals surface area (Å²) in [5.41, 5.74) is -1.48. The zero-order chi connectivity index (χ0) is 28.5. The van der Waals surface area contributed by atoms with Crippen molar-refractivity contribution in [1.82, 2.24) is 5.32 Å².